The van der Waals surface area contributed by atoms with Crippen molar-refractivity contribution in [3.8, 4) is 11.4 Å². The Bertz CT molecular complexity index is 577. The van der Waals surface area contributed by atoms with Gasteiger partial charge in [0.15, 0.2) is 11.0 Å². The standard InChI is InChI=1S/C16H23N5S/c1-2-21-15(14-7-6-8-17-13-14)18-19-16(21)22-12-11-20-9-4-3-5-10-20/h6-8,13H,2-5,9-12H2,1H3. The Hall–Kier alpha value is -1.40. The Kier molecular flexibility index (Phi) is 5.45. The summed E-state index contributed by atoms with van der Waals surface area (Å²) in [5, 5.41) is 9.75. The molecule has 2 aromatic heterocycles. The fraction of sp³-hybridized carbons (Fsp3) is 0.562. The number of likely N-dealkylation sites (tertiary alicyclic amines) is 1. The van der Waals surface area contributed by atoms with Crippen LogP contribution in [-0.4, -0.2) is 50.0 Å². The predicted octanol–water partition coefficient (Wildman–Crippen LogP) is 2.94. The van der Waals surface area contributed by atoms with Gasteiger partial charge in [0.25, 0.3) is 0 Å². The molecular weight excluding hydrogens is 294 g/mol. The van der Waals surface area contributed by atoms with Crippen LogP contribution in [0.3, 0.4) is 0 Å². The Balaban J connectivity index is 1.63. The maximum Gasteiger partial charge on any atom is 0.191 e. The molecule has 22 heavy (non-hydrogen) atoms. The van der Waals surface area contributed by atoms with E-state index in [0.717, 1.165) is 35.4 Å². The van der Waals surface area contributed by atoms with E-state index in [4.69, 9.17) is 0 Å². The molecule has 0 unspecified atom stereocenters. The van der Waals surface area contributed by atoms with Gasteiger partial charge in [-0.15, -0.1) is 10.2 Å². The highest BCUT2D eigenvalue weighted by Gasteiger charge is 2.14. The minimum Gasteiger partial charge on any atom is -0.303 e. The first-order valence-electron chi connectivity index (χ1n) is 8.07. The van der Waals surface area contributed by atoms with Gasteiger partial charge in [-0.2, -0.15) is 0 Å². The molecule has 118 valence electrons. The summed E-state index contributed by atoms with van der Waals surface area (Å²) in [7, 11) is 0. The lowest BCUT2D eigenvalue weighted by atomic mass is 10.1. The highest BCUT2D eigenvalue weighted by molar-refractivity contribution is 7.99. The van der Waals surface area contributed by atoms with Gasteiger partial charge >= 0.3 is 0 Å². The number of piperidine rings is 1. The monoisotopic (exact) mass is 317 g/mol. The van der Waals surface area contributed by atoms with Gasteiger partial charge in [-0.3, -0.25) is 4.98 Å². The van der Waals surface area contributed by atoms with Crippen LogP contribution in [0.4, 0.5) is 0 Å². The summed E-state index contributed by atoms with van der Waals surface area (Å²) in [6.45, 7) is 6.66. The Morgan fingerprint density at radius 3 is 2.77 bits per heavy atom. The molecule has 0 bridgehead atoms. The molecule has 0 N–H and O–H groups in total. The van der Waals surface area contributed by atoms with Crippen molar-refractivity contribution >= 4 is 11.8 Å². The number of hydrogen-bond donors (Lipinski definition) is 0. The summed E-state index contributed by atoms with van der Waals surface area (Å²) < 4.78 is 2.18. The number of hydrogen-bond acceptors (Lipinski definition) is 5. The SMILES string of the molecule is CCn1c(SCCN2CCCCC2)nnc1-c1cccnc1. The van der Waals surface area contributed by atoms with Gasteiger partial charge in [-0.05, 0) is 45.0 Å². The number of thioether (sulfide) groups is 1. The Morgan fingerprint density at radius 2 is 2.05 bits per heavy atom. The van der Waals surface area contributed by atoms with Crippen molar-refractivity contribution < 1.29 is 0 Å². The number of pyridine rings is 1. The summed E-state index contributed by atoms with van der Waals surface area (Å²) in [4.78, 5) is 6.74. The average molecular weight is 317 g/mol. The van der Waals surface area contributed by atoms with Gasteiger partial charge in [0, 0.05) is 36.8 Å². The maximum absolute atomic E-state index is 4.38. The highest BCUT2D eigenvalue weighted by Crippen LogP contribution is 2.23. The zero-order valence-electron chi connectivity index (χ0n) is 13.1. The highest BCUT2D eigenvalue weighted by atomic mass is 32.2. The molecule has 0 atom stereocenters. The molecule has 0 spiro atoms. The summed E-state index contributed by atoms with van der Waals surface area (Å²) in [6, 6.07) is 3.97. The molecule has 0 radical (unpaired) electrons. The van der Waals surface area contributed by atoms with Crippen molar-refractivity contribution in [2.45, 2.75) is 37.9 Å². The zero-order valence-corrected chi connectivity index (χ0v) is 13.9. The lowest BCUT2D eigenvalue weighted by Crippen LogP contribution is -2.31. The second kappa shape index (κ2) is 7.74. The van der Waals surface area contributed by atoms with Crippen molar-refractivity contribution in [3.63, 3.8) is 0 Å². The Labute approximate surface area is 136 Å². The van der Waals surface area contributed by atoms with Crippen LogP contribution in [0.2, 0.25) is 0 Å². The van der Waals surface area contributed by atoms with E-state index in [1.54, 1.807) is 6.20 Å². The van der Waals surface area contributed by atoms with Gasteiger partial charge < -0.3 is 9.47 Å². The van der Waals surface area contributed by atoms with Gasteiger partial charge in [0.05, 0.1) is 0 Å². The third-order valence-corrected chi connectivity index (χ3v) is 4.99. The molecule has 5 nitrogen and oxygen atoms in total. The first-order chi connectivity index (χ1) is 10.9. The van der Waals surface area contributed by atoms with Crippen LogP contribution in [0.25, 0.3) is 11.4 Å². The smallest absolute Gasteiger partial charge is 0.191 e. The number of aromatic nitrogens is 4. The predicted molar refractivity (Wildman–Crippen MR) is 89.9 cm³/mol. The second-order valence-electron chi connectivity index (χ2n) is 5.54. The minimum absolute atomic E-state index is 0.878. The van der Waals surface area contributed by atoms with E-state index < -0.39 is 0 Å². The van der Waals surface area contributed by atoms with E-state index in [1.165, 1.54) is 32.4 Å². The van der Waals surface area contributed by atoms with Crippen LogP contribution in [0, 0.1) is 0 Å². The molecule has 3 heterocycles. The van der Waals surface area contributed by atoms with Crippen LogP contribution in [-0.2, 0) is 6.54 Å². The third-order valence-electron chi connectivity index (χ3n) is 4.04. The van der Waals surface area contributed by atoms with Crippen LogP contribution in [0.1, 0.15) is 26.2 Å². The van der Waals surface area contributed by atoms with Crippen molar-refractivity contribution in [1.29, 1.82) is 0 Å². The zero-order chi connectivity index (χ0) is 15.2. The molecular formula is C16H23N5S. The fourth-order valence-corrected chi connectivity index (χ4v) is 3.84. The van der Waals surface area contributed by atoms with E-state index in [9.17, 15) is 0 Å². The van der Waals surface area contributed by atoms with E-state index in [2.05, 4.69) is 31.6 Å². The molecule has 1 aliphatic heterocycles. The van der Waals surface area contributed by atoms with E-state index in [-0.39, 0.29) is 0 Å². The number of rotatable bonds is 6. The van der Waals surface area contributed by atoms with Gasteiger partial charge in [-0.25, -0.2) is 0 Å². The van der Waals surface area contributed by atoms with Crippen molar-refractivity contribution in [2.75, 3.05) is 25.4 Å². The van der Waals surface area contributed by atoms with E-state index in [1.807, 2.05) is 30.1 Å². The number of nitrogens with zero attached hydrogens (tertiary/aromatic N) is 5. The average Bonchev–Trinajstić information content (AvgIpc) is 2.99. The third kappa shape index (κ3) is 3.67. The molecule has 3 rings (SSSR count). The normalized spacial score (nSPS) is 16.0. The van der Waals surface area contributed by atoms with E-state index >= 15 is 0 Å². The van der Waals surface area contributed by atoms with Crippen LogP contribution in [0.15, 0.2) is 29.7 Å². The maximum atomic E-state index is 4.38. The summed E-state index contributed by atoms with van der Waals surface area (Å²) >= 11 is 1.81. The van der Waals surface area contributed by atoms with Crippen LogP contribution < -0.4 is 0 Å². The first-order valence-corrected chi connectivity index (χ1v) is 9.06. The van der Waals surface area contributed by atoms with Gasteiger partial charge in [0.1, 0.15) is 0 Å². The topological polar surface area (TPSA) is 46.8 Å². The van der Waals surface area contributed by atoms with E-state index in [0.29, 0.717) is 0 Å². The van der Waals surface area contributed by atoms with Crippen molar-refractivity contribution in [2.24, 2.45) is 0 Å². The summed E-state index contributed by atoms with van der Waals surface area (Å²) in [6.07, 6.45) is 7.72. The molecule has 1 aliphatic rings. The van der Waals surface area contributed by atoms with Crippen LogP contribution >= 0.6 is 11.8 Å². The molecule has 0 aliphatic carbocycles. The molecule has 6 heteroatoms. The molecule has 1 saturated heterocycles. The quantitative estimate of drug-likeness (QED) is 0.767. The molecule has 0 amide bonds. The fourth-order valence-electron chi connectivity index (χ4n) is 2.84. The van der Waals surface area contributed by atoms with Crippen molar-refractivity contribution in [3.05, 3.63) is 24.5 Å². The Morgan fingerprint density at radius 1 is 1.18 bits per heavy atom. The molecule has 1 fully saturated rings. The minimum atomic E-state index is 0.878. The lowest BCUT2D eigenvalue weighted by molar-refractivity contribution is 0.242. The first kappa shape index (κ1) is 15.5. The molecule has 0 aromatic carbocycles. The summed E-state index contributed by atoms with van der Waals surface area (Å²) in [5.74, 6) is 1.99. The molecule has 2 aromatic rings. The van der Waals surface area contributed by atoms with Gasteiger partial charge in [0.2, 0.25) is 0 Å². The second-order valence-corrected chi connectivity index (χ2v) is 6.60. The molecule has 0 saturated carbocycles. The lowest BCUT2D eigenvalue weighted by Gasteiger charge is -2.25. The largest absolute Gasteiger partial charge is 0.303 e. The summed E-state index contributed by atoms with van der Waals surface area (Å²) in [5.41, 5.74) is 1.03. The van der Waals surface area contributed by atoms with Crippen LogP contribution in [0.5, 0.6) is 0 Å². The van der Waals surface area contributed by atoms with Gasteiger partial charge in [-0.1, -0.05) is 18.2 Å². The van der Waals surface area contributed by atoms with Crippen molar-refractivity contribution in [1.82, 2.24) is 24.6 Å².